The Balaban J connectivity index is 1.48. The minimum Gasteiger partial charge on any atom is -0.457 e. The molecule has 4 aromatic carbocycles. The van der Waals surface area contributed by atoms with Crippen LogP contribution >= 0.6 is 0 Å². The van der Waals surface area contributed by atoms with Crippen molar-refractivity contribution < 1.29 is 9.15 Å². The molecule has 0 fully saturated rings. The van der Waals surface area contributed by atoms with Gasteiger partial charge in [-0.25, -0.2) is 0 Å². The molecule has 0 amide bonds. The zero-order valence-electron chi connectivity index (χ0n) is 16.6. The van der Waals surface area contributed by atoms with Crippen molar-refractivity contribution in [1.29, 1.82) is 0 Å². The molecule has 0 radical (unpaired) electrons. The number of hydrogen-bond donors (Lipinski definition) is 0. The Hall–Kier alpha value is -4.31. The van der Waals surface area contributed by atoms with Crippen LogP contribution in [0.1, 0.15) is 0 Å². The minimum absolute atomic E-state index is 0.572. The lowest BCUT2D eigenvalue weighted by molar-refractivity contribution is 0.483. The van der Waals surface area contributed by atoms with Gasteiger partial charge in [-0.3, -0.25) is 4.40 Å². The Morgan fingerprint density at radius 1 is 0.710 bits per heavy atom. The molecule has 0 aliphatic heterocycles. The Morgan fingerprint density at radius 3 is 2.32 bits per heavy atom. The highest BCUT2D eigenvalue weighted by Crippen LogP contribution is 2.37. The molecule has 148 valence electrons. The molecule has 0 aliphatic rings. The van der Waals surface area contributed by atoms with Gasteiger partial charge in [0.25, 0.3) is 0 Å². The molecule has 0 atom stereocenters. The number of hydrogen-bond acceptors (Lipinski definition) is 3. The molecule has 0 spiro atoms. The molecule has 4 heteroatoms. The van der Waals surface area contributed by atoms with E-state index < -0.39 is 0 Å². The second-order valence-electron chi connectivity index (χ2n) is 7.33. The van der Waals surface area contributed by atoms with Crippen molar-refractivity contribution in [1.82, 2.24) is 9.38 Å². The van der Waals surface area contributed by atoms with Crippen LogP contribution in [0.3, 0.4) is 0 Å². The predicted octanol–water partition coefficient (Wildman–Crippen LogP) is 7.21. The molecule has 31 heavy (non-hydrogen) atoms. The van der Waals surface area contributed by atoms with Crippen LogP contribution in [-0.4, -0.2) is 9.38 Å². The molecule has 0 bridgehead atoms. The molecule has 2 heterocycles. The fourth-order valence-electron chi connectivity index (χ4n) is 3.99. The van der Waals surface area contributed by atoms with Gasteiger partial charge >= 0.3 is 5.84 Å². The van der Waals surface area contributed by atoms with E-state index in [1.807, 2.05) is 53.1 Å². The van der Waals surface area contributed by atoms with Crippen LogP contribution in [0.5, 0.6) is 11.5 Å². The van der Waals surface area contributed by atoms with Crippen LogP contribution in [0, 0.1) is 0 Å². The van der Waals surface area contributed by atoms with E-state index in [9.17, 15) is 0 Å². The van der Waals surface area contributed by atoms with Crippen molar-refractivity contribution in [2.24, 2.45) is 0 Å². The zero-order valence-corrected chi connectivity index (χ0v) is 16.6. The first kappa shape index (κ1) is 17.5. The third-order valence-corrected chi connectivity index (χ3v) is 5.41. The van der Waals surface area contributed by atoms with Crippen molar-refractivity contribution in [3.63, 3.8) is 0 Å². The van der Waals surface area contributed by atoms with E-state index in [2.05, 4.69) is 54.6 Å². The summed E-state index contributed by atoms with van der Waals surface area (Å²) >= 11 is 0. The number of aromatic nitrogens is 2. The second-order valence-corrected chi connectivity index (χ2v) is 7.33. The average molecular weight is 402 g/mol. The van der Waals surface area contributed by atoms with E-state index >= 15 is 0 Å². The third-order valence-electron chi connectivity index (χ3n) is 5.41. The van der Waals surface area contributed by atoms with Crippen LogP contribution in [0.25, 0.3) is 39.1 Å². The van der Waals surface area contributed by atoms with E-state index in [0.717, 1.165) is 39.4 Å². The highest BCUT2D eigenvalue weighted by atomic mass is 16.5. The maximum atomic E-state index is 5.95. The zero-order chi connectivity index (χ0) is 20.6. The summed E-state index contributed by atoms with van der Waals surface area (Å²) in [6, 6.07) is 32.5. The van der Waals surface area contributed by atoms with Crippen LogP contribution < -0.4 is 4.74 Å². The van der Waals surface area contributed by atoms with Gasteiger partial charge in [0.2, 0.25) is 0 Å². The van der Waals surface area contributed by atoms with Crippen LogP contribution in [-0.2, 0) is 0 Å². The number of fused-ring (bicyclic) bond motifs is 2. The Bertz CT molecular complexity index is 1490. The van der Waals surface area contributed by atoms with Crippen molar-refractivity contribution in [2.45, 2.75) is 0 Å². The smallest absolute Gasteiger partial charge is 0.306 e. The van der Waals surface area contributed by atoms with Gasteiger partial charge in [-0.15, -0.1) is 0 Å². The predicted molar refractivity (Wildman–Crippen MR) is 122 cm³/mol. The Labute approximate surface area is 179 Å². The summed E-state index contributed by atoms with van der Waals surface area (Å²) < 4.78 is 13.6. The number of benzene rings is 4. The first-order chi connectivity index (χ1) is 15.4. The molecule has 6 rings (SSSR count). The van der Waals surface area contributed by atoms with E-state index in [0.29, 0.717) is 5.84 Å². The van der Waals surface area contributed by atoms with Crippen LogP contribution in [0.15, 0.2) is 114 Å². The normalized spacial score (nSPS) is 11.2. The Kier molecular flexibility index (Phi) is 4.06. The molecule has 4 nitrogen and oxygen atoms in total. The van der Waals surface area contributed by atoms with Gasteiger partial charge in [0, 0.05) is 17.3 Å². The lowest BCUT2D eigenvalue weighted by atomic mass is 9.99. The van der Waals surface area contributed by atoms with Gasteiger partial charge < -0.3 is 9.15 Å². The first-order valence-electron chi connectivity index (χ1n) is 10.1. The number of para-hydroxylation sites is 1. The summed E-state index contributed by atoms with van der Waals surface area (Å²) in [7, 11) is 0. The maximum Gasteiger partial charge on any atom is 0.306 e. The molecule has 0 N–H and O–H groups in total. The molecular formula is C27H18N2O2. The number of ether oxygens (including phenoxy) is 1. The molecule has 6 aromatic rings. The largest absolute Gasteiger partial charge is 0.457 e. The van der Waals surface area contributed by atoms with E-state index in [1.165, 1.54) is 5.39 Å². The SMILES string of the molecule is c1ccc(Oc2ccc(-c3c(-c4cccc5ccccc45)nc4occn34)cc2)cc1. The summed E-state index contributed by atoms with van der Waals surface area (Å²) in [5.74, 6) is 2.17. The Morgan fingerprint density at radius 2 is 1.45 bits per heavy atom. The number of rotatable bonds is 4. The van der Waals surface area contributed by atoms with Gasteiger partial charge in [-0.1, -0.05) is 60.7 Å². The van der Waals surface area contributed by atoms with Crippen molar-refractivity contribution in [3.05, 3.63) is 110 Å². The van der Waals surface area contributed by atoms with E-state index in [-0.39, 0.29) is 0 Å². The topological polar surface area (TPSA) is 39.7 Å². The van der Waals surface area contributed by atoms with Gasteiger partial charge in [0.1, 0.15) is 23.5 Å². The van der Waals surface area contributed by atoms with Gasteiger partial charge in [-0.2, -0.15) is 4.98 Å². The summed E-state index contributed by atoms with van der Waals surface area (Å²) in [5.41, 5.74) is 4.01. The standard InChI is InChI=1S/C27H18N2O2/c1-2-9-21(10-3-1)31-22-15-13-20(14-16-22)26-25(28-27-29(26)17-18-30-27)24-12-6-8-19-7-4-5-11-23(19)24/h1-18H. The van der Waals surface area contributed by atoms with Crippen molar-refractivity contribution >= 4 is 16.6 Å². The second kappa shape index (κ2) is 7.18. The third kappa shape index (κ3) is 3.06. The molecular weight excluding hydrogens is 384 g/mol. The van der Waals surface area contributed by atoms with Crippen molar-refractivity contribution in [3.8, 4) is 34.0 Å². The molecule has 0 saturated carbocycles. The van der Waals surface area contributed by atoms with Gasteiger partial charge in [0.15, 0.2) is 0 Å². The monoisotopic (exact) mass is 402 g/mol. The minimum atomic E-state index is 0.572. The summed E-state index contributed by atoms with van der Waals surface area (Å²) in [6.07, 6.45) is 3.56. The molecule has 0 saturated heterocycles. The van der Waals surface area contributed by atoms with Crippen LogP contribution in [0.2, 0.25) is 0 Å². The molecule has 0 unspecified atom stereocenters. The van der Waals surface area contributed by atoms with E-state index in [4.69, 9.17) is 14.1 Å². The summed E-state index contributed by atoms with van der Waals surface area (Å²) in [6.45, 7) is 0. The fourth-order valence-corrected chi connectivity index (χ4v) is 3.99. The first-order valence-corrected chi connectivity index (χ1v) is 10.1. The molecule has 2 aromatic heterocycles. The fraction of sp³-hybridized carbons (Fsp3) is 0. The van der Waals surface area contributed by atoms with E-state index in [1.54, 1.807) is 6.26 Å². The number of imidazole rings is 1. The van der Waals surface area contributed by atoms with Gasteiger partial charge in [-0.05, 0) is 47.2 Å². The highest BCUT2D eigenvalue weighted by molar-refractivity contribution is 5.99. The average Bonchev–Trinajstić information content (AvgIpc) is 3.41. The summed E-state index contributed by atoms with van der Waals surface area (Å²) in [5, 5.41) is 2.35. The molecule has 0 aliphatic carbocycles. The van der Waals surface area contributed by atoms with Crippen LogP contribution in [0.4, 0.5) is 0 Å². The summed E-state index contributed by atoms with van der Waals surface area (Å²) in [4.78, 5) is 4.82. The number of nitrogens with zero attached hydrogens (tertiary/aromatic N) is 2. The lowest BCUT2D eigenvalue weighted by Crippen LogP contribution is -1.89. The number of oxazole rings is 1. The van der Waals surface area contributed by atoms with Gasteiger partial charge in [0.05, 0.1) is 5.69 Å². The quantitative estimate of drug-likeness (QED) is 0.313. The van der Waals surface area contributed by atoms with Crippen molar-refractivity contribution in [2.75, 3.05) is 0 Å². The maximum absolute atomic E-state index is 5.95. The highest BCUT2D eigenvalue weighted by Gasteiger charge is 2.19. The lowest BCUT2D eigenvalue weighted by Gasteiger charge is -2.09.